The van der Waals surface area contributed by atoms with Crippen molar-refractivity contribution < 1.29 is 25.5 Å². The molecule has 2 unspecified atom stereocenters. The van der Waals surface area contributed by atoms with Crippen LogP contribution in [-0.2, 0) is 0 Å². The van der Waals surface area contributed by atoms with Gasteiger partial charge in [0.2, 0.25) is 5.75 Å². The van der Waals surface area contributed by atoms with Crippen LogP contribution in [0.4, 0.5) is 0 Å². The van der Waals surface area contributed by atoms with Gasteiger partial charge in [-0.3, -0.25) is 0 Å². The SMILES string of the molecule is Cc1c(O)c(O)c(O)c(C(CN)C(C)O)c1O. The first-order chi connectivity index (χ1) is 7.82. The molecule has 0 saturated heterocycles. The fourth-order valence-corrected chi connectivity index (χ4v) is 1.75. The van der Waals surface area contributed by atoms with Crippen LogP contribution in [0.3, 0.4) is 0 Å². The molecule has 6 nitrogen and oxygen atoms in total. The highest BCUT2D eigenvalue weighted by molar-refractivity contribution is 5.65. The van der Waals surface area contributed by atoms with Crippen LogP contribution in [0.25, 0.3) is 0 Å². The molecule has 1 rings (SSSR count). The van der Waals surface area contributed by atoms with Crippen LogP contribution in [0.15, 0.2) is 0 Å². The molecule has 1 aromatic carbocycles. The number of hydrogen-bond acceptors (Lipinski definition) is 6. The summed E-state index contributed by atoms with van der Waals surface area (Å²) in [5.41, 5.74) is 5.42. The van der Waals surface area contributed by atoms with Crippen LogP contribution in [0, 0.1) is 6.92 Å². The lowest BCUT2D eigenvalue weighted by Gasteiger charge is -2.22. The summed E-state index contributed by atoms with van der Waals surface area (Å²) >= 11 is 0. The summed E-state index contributed by atoms with van der Waals surface area (Å²) < 4.78 is 0. The molecule has 96 valence electrons. The predicted octanol–water partition coefficient (Wildman–Crippen LogP) is 0.241. The number of aliphatic hydroxyl groups is 1. The van der Waals surface area contributed by atoms with Gasteiger partial charge in [-0.15, -0.1) is 0 Å². The van der Waals surface area contributed by atoms with Gasteiger partial charge in [0, 0.05) is 23.6 Å². The molecule has 0 radical (unpaired) electrons. The minimum atomic E-state index is -0.917. The second-order valence-electron chi connectivity index (χ2n) is 4.02. The number of aromatic hydroxyl groups is 4. The van der Waals surface area contributed by atoms with Crippen LogP contribution >= 0.6 is 0 Å². The molecule has 0 heterocycles. The Kier molecular flexibility index (Phi) is 3.69. The highest BCUT2D eigenvalue weighted by atomic mass is 16.3. The topological polar surface area (TPSA) is 127 Å². The van der Waals surface area contributed by atoms with Crippen LogP contribution in [0.2, 0.25) is 0 Å². The molecular formula is C11H17NO5. The van der Waals surface area contributed by atoms with E-state index in [4.69, 9.17) is 5.73 Å². The smallest absolute Gasteiger partial charge is 0.201 e. The van der Waals surface area contributed by atoms with Crippen molar-refractivity contribution in [2.24, 2.45) is 5.73 Å². The zero-order chi connectivity index (χ0) is 13.3. The summed E-state index contributed by atoms with van der Waals surface area (Å²) in [5, 5.41) is 48.0. The zero-order valence-corrected chi connectivity index (χ0v) is 9.68. The van der Waals surface area contributed by atoms with E-state index in [2.05, 4.69) is 0 Å². The van der Waals surface area contributed by atoms with Crippen molar-refractivity contribution in [3.63, 3.8) is 0 Å². The molecule has 1 aromatic rings. The fraction of sp³-hybridized carbons (Fsp3) is 0.455. The van der Waals surface area contributed by atoms with E-state index in [1.807, 2.05) is 0 Å². The van der Waals surface area contributed by atoms with E-state index in [0.29, 0.717) is 0 Å². The van der Waals surface area contributed by atoms with Crippen LogP contribution in [0.1, 0.15) is 24.0 Å². The Balaban J connectivity index is 3.53. The summed E-state index contributed by atoms with van der Waals surface area (Å²) in [6, 6.07) is 0. The van der Waals surface area contributed by atoms with Crippen LogP contribution in [-0.4, -0.2) is 38.2 Å². The molecule has 0 fully saturated rings. The van der Waals surface area contributed by atoms with Gasteiger partial charge < -0.3 is 31.3 Å². The molecule has 0 aliphatic rings. The van der Waals surface area contributed by atoms with E-state index in [0.717, 1.165) is 0 Å². The van der Waals surface area contributed by atoms with E-state index in [9.17, 15) is 25.5 Å². The Morgan fingerprint density at radius 3 is 1.94 bits per heavy atom. The van der Waals surface area contributed by atoms with Gasteiger partial charge in [0.1, 0.15) is 5.75 Å². The van der Waals surface area contributed by atoms with E-state index in [1.165, 1.54) is 13.8 Å². The highest BCUT2D eigenvalue weighted by Gasteiger charge is 2.28. The summed E-state index contributed by atoms with van der Waals surface area (Å²) in [6.45, 7) is 2.81. The van der Waals surface area contributed by atoms with Gasteiger partial charge in [-0.2, -0.15) is 0 Å². The van der Waals surface area contributed by atoms with Crippen molar-refractivity contribution in [2.75, 3.05) is 6.54 Å². The largest absolute Gasteiger partial charge is 0.507 e. The molecule has 0 saturated carbocycles. The molecule has 0 aliphatic carbocycles. The molecular weight excluding hydrogens is 226 g/mol. The molecule has 2 atom stereocenters. The first kappa shape index (κ1) is 13.4. The van der Waals surface area contributed by atoms with E-state index < -0.39 is 29.3 Å². The van der Waals surface area contributed by atoms with Crippen molar-refractivity contribution in [3.8, 4) is 23.0 Å². The summed E-state index contributed by atoms with van der Waals surface area (Å²) in [6.07, 6.45) is -0.917. The van der Waals surface area contributed by atoms with E-state index in [1.54, 1.807) is 0 Å². The Labute approximate surface area is 98.6 Å². The first-order valence-corrected chi connectivity index (χ1v) is 5.17. The maximum Gasteiger partial charge on any atom is 0.201 e. The average molecular weight is 243 g/mol. The summed E-state index contributed by atoms with van der Waals surface area (Å²) in [4.78, 5) is 0. The molecule has 7 N–H and O–H groups in total. The average Bonchev–Trinajstić information content (AvgIpc) is 2.29. The van der Waals surface area contributed by atoms with Crippen molar-refractivity contribution in [1.82, 2.24) is 0 Å². The Bertz CT molecular complexity index is 401. The number of hydrogen-bond donors (Lipinski definition) is 6. The molecule has 17 heavy (non-hydrogen) atoms. The highest BCUT2D eigenvalue weighted by Crippen LogP contribution is 2.49. The third-order valence-electron chi connectivity index (χ3n) is 2.88. The monoisotopic (exact) mass is 243 g/mol. The number of nitrogens with two attached hydrogens (primary N) is 1. The van der Waals surface area contributed by atoms with Gasteiger partial charge in [0.05, 0.1) is 6.10 Å². The minimum absolute atomic E-state index is 0.0226. The molecule has 0 aromatic heterocycles. The number of phenols is 4. The maximum atomic E-state index is 9.84. The van der Waals surface area contributed by atoms with E-state index in [-0.39, 0.29) is 23.4 Å². The Hall–Kier alpha value is -1.66. The maximum absolute atomic E-state index is 9.84. The van der Waals surface area contributed by atoms with Crippen LogP contribution in [0.5, 0.6) is 23.0 Å². The lowest BCUT2D eigenvalue weighted by Crippen LogP contribution is -2.23. The number of rotatable bonds is 3. The first-order valence-electron chi connectivity index (χ1n) is 5.17. The molecule has 0 bridgehead atoms. The molecule has 0 spiro atoms. The summed E-state index contributed by atoms with van der Waals surface area (Å²) in [7, 11) is 0. The fourth-order valence-electron chi connectivity index (χ4n) is 1.75. The minimum Gasteiger partial charge on any atom is -0.507 e. The van der Waals surface area contributed by atoms with Gasteiger partial charge in [-0.05, 0) is 13.8 Å². The van der Waals surface area contributed by atoms with Gasteiger partial charge >= 0.3 is 0 Å². The third kappa shape index (κ3) is 2.09. The quantitative estimate of drug-likeness (QED) is 0.333. The molecule has 6 heteroatoms. The van der Waals surface area contributed by atoms with Gasteiger partial charge in [0.15, 0.2) is 11.5 Å². The molecule has 0 aliphatic heterocycles. The normalized spacial score (nSPS) is 14.6. The lowest BCUT2D eigenvalue weighted by atomic mass is 9.90. The second-order valence-corrected chi connectivity index (χ2v) is 4.02. The van der Waals surface area contributed by atoms with Crippen LogP contribution < -0.4 is 5.73 Å². The number of benzene rings is 1. The van der Waals surface area contributed by atoms with Crippen molar-refractivity contribution in [2.45, 2.75) is 25.9 Å². The lowest BCUT2D eigenvalue weighted by molar-refractivity contribution is 0.161. The Morgan fingerprint density at radius 2 is 1.53 bits per heavy atom. The van der Waals surface area contributed by atoms with Gasteiger partial charge in [-0.25, -0.2) is 0 Å². The zero-order valence-electron chi connectivity index (χ0n) is 9.68. The van der Waals surface area contributed by atoms with Crippen molar-refractivity contribution >= 4 is 0 Å². The van der Waals surface area contributed by atoms with E-state index >= 15 is 0 Å². The third-order valence-corrected chi connectivity index (χ3v) is 2.88. The van der Waals surface area contributed by atoms with Crippen molar-refractivity contribution in [1.29, 1.82) is 0 Å². The van der Waals surface area contributed by atoms with Gasteiger partial charge in [-0.1, -0.05) is 0 Å². The van der Waals surface area contributed by atoms with Gasteiger partial charge in [0.25, 0.3) is 0 Å². The predicted molar refractivity (Wildman–Crippen MR) is 61.3 cm³/mol. The second kappa shape index (κ2) is 4.68. The molecule has 0 amide bonds. The standard InChI is InChI=1S/C11H17NO5/c1-4-8(14)7(6(3-12)5(2)13)10(16)11(17)9(4)15/h5-6,13-17H,3,12H2,1-2H3. The number of phenolic OH excluding ortho intramolecular Hbond substituents is 4. The van der Waals surface area contributed by atoms with Crippen molar-refractivity contribution in [3.05, 3.63) is 11.1 Å². The summed E-state index contributed by atoms with van der Waals surface area (Å²) in [5.74, 6) is -3.10. The Morgan fingerprint density at radius 1 is 1.00 bits per heavy atom. The number of aliphatic hydroxyl groups excluding tert-OH is 1.